The van der Waals surface area contributed by atoms with Gasteiger partial charge in [-0.15, -0.1) is 0 Å². The van der Waals surface area contributed by atoms with Crippen LogP contribution in [0, 0.1) is 24.7 Å². The number of aromatic nitrogens is 1. The Morgan fingerprint density at radius 3 is 2.64 bits per heavy atom. The Morgan fingerprint density at radius 1 is 1.15 bits per heavy atom. The molecule has 3 amide bonds. The van der Waals surface area contributed by atoms with Gasteiger partial charge in [0.25, 0.3) is 5.91 Å². The quantitative estimate of drug-likeness (QED) is 0.403. The molecule has 1 aromatic heterocycles. The molecule has 3 saturated carbocycles. The van der Waals surface area contributed by atoms with E-state index in [9.17, 15) is 22.8 Å². The molecule has 12 nitrogen and oxygen atoms in total. The molecule has 2 aromatic rings. The van der Waals surface area contributed by atoms with E-state index < -0.39 is 50.6 Å². The first-order valence-corrected chi connectivity index (χ1v) is 18.1. The molecule has 2 heterocycles. The Balaban J connectivity index is 1.30. The molecule has 5 atom stereocenters. The number of benzene rings is 1. The van der Waals surface area contributed by atoms with Gasteiger partial charge >= 0.3 is 0 Å². The van der Waals surface area contributed by atoms with Gasteiger partial charge < -0.3 is 24.4 Å². The predicted molar refractivity (Wildman–Crippen MR) is 175 cm³/mol. The fourth-order valence-corrected chi connectivity index (χ4v) is 8.33. The highest BCUT2D eigenvalue weighted by Gasteiger charge is 2.62. The average molecular weight is 669 g/mol. The van der Waals surface area contributed by atoms with Crippen LogP contribution in [0.15, 0.2) is 30.4 Å². The molecular weight excluding hydrogens is 624 g/mol. The number of nitrogens with one attached hydrogen (secondary N) is 2. The number of sulfonamides is 1. The van der Waals surface area contributed by atoms with Gasteiger partial charge in [0, 0.05) is 36.5 Å². The molecule has 0 spiro atoms. The lowest BCUT2D eigenvalue weighted by atomic mass is 9.93. The van der Waals surface area contributed by atoms with Crippen molar-refractivity contribution in [1.82, 2.24) is 19.9 Å². The third-order valence-corrected chi connectivity index (χ3v) is 11.7. The summed E-state index contributed by atoms with van der Waals surface area (Å²) in [6, 6.07) is 5.44. The zero-order valence-corrected chi connectivity index (χ0v) is 28.2. The lowest BCUT2D eigenvalue weighted by Gasteiger charge is -2.26. The van der Waals surface area contributed by atoms with E-state index in [2.05, 4.69) is 15.0 Å². The molecule has 3 aliphatic carbocycles. The molecule has 0 bridgehead atoms. The third-order valence-electron chi connectivity index (χ3n) is 9.93. The highest BCUT2D eigenvalue weighted by Crippen LogP contribution is 2.47. The number of rotatable bonds is 8. The molecule has 0 radical (unpaired) electrons. The number of carbonyl (C=O) groups excluding carboxylic acids is 3. The summed E-state index contributed by atoms with van der Waals surface area (Å²) >= 11 is 0. The third kappa shape index (κ3) is 6.63. The Morgan fingerprint density at radius 2 is 1.91 bits per heavy atom. The Labute approximate surface area is 275 Å². The minimum Gasteiger partial charge on any atom is -0.496 e. The van der Waals surface area contributed by atoms with E-state index in [1.165, 1.54) is 0 Å². The molecule has 3 fully saturated rings. The summed E-state index contributed by atoms with van der Waals surface area (Å²) in [4.78, 5) is 47.8. The van der Waals surface area contributed by atoms with E-state index in [4.69, 9.17) is 14.2 Å². The topological polar surface area (TPSA) is 153 Å². The van der Waals surface area contributed by atoms with Crippen LogP contribution in [0.3, 0.4) is 0 Å². The van der Waals surface area contributed by atoms with Crippen LogP contribution in [0.2, 0.25) is 0 Å². The Bertz CT molecular complexity index is 1710. The molecule has 1 aliphatic heterocycles. The first kappa shape index (κ1) is 33.0. The monoisotopic (exact) mass is 668 g/mol. The van der Waals surface area contributed by atoms with E-state index >= 15 is 0 Å². The standard InChI is InChI=1S/C34H44N4O8S/c1-5-45-29-18-28(24-13-14-27(44-4)20(2)30(24)35-29)46-22-16-25-26(17-22)32(40)38(3)15-9-7-6-8-10-21-19-34(21,36-31(25)39)33(41)37-47(42,43)23-11-12-23/h8,10,13-14,18,21-23,25-26H,5-7,9,11-12,15-17,19H2,1-4H3,(H,36,39)(H,37,41). The van der Waals surface area contributed by atoms with Crippen LogP contribution in [0.25, 0.3) is 10.9 Å². The summed E-state index contributed by atoms with van der Waals surface area (Å²) in [5.41, 5.74) is 0.104. The number of aryl methyl sites for hydroxylation is 1. The minimum absolute atomic E-state index is 0.152. The summed E-state index contributed by atoms with van der Waals surface area (Å²) in [6.07, 6.45) is 7.62. The summed E-state index contributed by atoms with van der Waals surface area (Å²) in [5.74, 6) is -1.54. The highest BCUT2D eigenvalue weighted by molar-refractivity contribution is 7.91. The van der Waals surface area contributed by atoms with E-state index in [1.54, 1.807) is 25.1 Å². The SMILES string of the molecule is CCOc1cc(OC2CC3C(=O)NC4(C(=O)NS(=O)(=O)C5CC5)CC4C=CCCCCN(C)C(=O)C3C2)c2ccc(OC)c(C)c2n1. The van der Waals surface area contributed by atoms with Crippen LogP contribution in [0.5, 0.6) is 17.4 Å². The fraction of sp³-hybridized carbons (Fsp3) is 0.588. The molecule has 4 aliphatic rings. The number of nitrogens with zero attached hydrogens (tertiary/aromatic N) is 2. The van der Waals surface area contributed by atoms with Crippen molar-refractivity contribution >= 4 is 38.6 Å². The molecule has 254 valence electrons. The fourth-order valence-electron chi connectivity index (χ4n) is 6.97. The normalized spacial score (nSPS) is 28.1. The maximum Gasteiger partial charge on any atom is 0.259 e. The van der Waals surface area contributed by atoms with Crippen molar-refractivity contribution in [3.8, 4) is 17.4 Å². The second-order valence-electron chi connectivity index (χ2n) is 13.2. The van der Waals surface area contributed by atoms with Crippen molar-refractivity contribution in [1.29, 1.82) is 0 Å². The number of fused-ring (bicyclic) bond motifs is 3. The van der Waals surface area contributed by atoms with Crippen molar-refractivity contribution in [2.45, 2.75) is 82.1 Å². The molecule has 6 rings (SSSR count). The van der Waals surface area contributed by atoms with E-state index in [0.717, 1.165) is 30.2 Å². The van der Waals surface area contributed by atoms with E-state index in [1.807, 2.05) is 38.1 Å². The number of amides is 3. The molecule has 2 N–H and O–H groups in total. The van der Waals surface area contributed by atoms with Gasteiger partial charge in [-0.2, -0.15) is 0 Å². The van der Waals surface area contributed by atoms with Crippen molar-refractivity contribution < 1.29 is 37.0 Å². The van der Waals surface area contributed by atoms with Crippen molar-refractivity contribution in [3.05, 3.63) is 35.9 Å². The summed E-state index contributed by atoms with van der Waals surface area (Å²) in [6.45, 7) is 4.75. The van der Waals surface area contributed by atoms with Gasteiger partial charge in [0.05, 0.1) is 36.3 Å². The minimum atomic E-state index is -3.81. The van der Waals surface area contributed by atoms with Gasteiger partial charge in [-0.25, -0.2) is 13.4 Å². The number of pyridine rings is 1. The number of allylic oxidation sites excluding steroid dienone is 1. The Hall–Kier alpha value is -3.87. The molecular formula is C34H44N4O8S. The van der Waals surface area contributed by atoms with E-state index in [-0.39, 0.29) is 18.2 Å². The maximum atomic E-state index is 14.1. The average Bonchev–Trinajstić information content (AvgIpc) is 3.96. The lowest BCUT2D eigenvalue weighted by Crippen LogP contribution is -2.54. The van der Waals surface area contributed by atoms with Gasteiger partial charge in [-0.1, -0.05) is 12.2 Å². The second kappa shape index (κ2) is 13.0. The van der Waals surface area contributed by atoms with Crippen LogP contribution in [-0.2, 0) is 24.4 Å². The number of carbonyl (C=O) groups is 3. The van der Waals surface area contributed by atoms with Gasteiger partial charge in [-0.3, -0.25) is 19.1 Å². The van der Waals surface area contributed by atoms with Gasteiger partial charge in [0.1, 0.15) is 23.1 Å². The van der Waals surface area contributed by atoms with Crippen LogP contribution in [0.1, 0.15) is 63.9 Å². The highest BCUT2D eigenvalue weighted by atomic mass is 32.2. The van der Waals surface area contributed by atoms with Crippen LogP contribution < -0.4 is 24.2 Å². The van der Waals surface area contributed by atoms with E-state index in [0.29, 0.717) is 61.7 Å². The largest absolute Gasteiger partial charge is 0.496 e. The predicted octanol–water partition coefficient (Wildman–Crippen LogP) is 3.41. The molecule has 1 aromatic carbocycles. The van der Waals surface area contributed by atoms with Crippen LogP contribution >= 0.6 is 0 Å². The zero-order chi connectivity index (χ0) is 33.5. The lowest BCUT2D eigenvalue weighted by molar-refractivity contribution is -0.140. The summed E-state index contributed by atoms with van der Waals surface area (Å²) in [5, 5.41) is 3.10. The second-order valence-corrected chi connectivity index (χ2v) is 15.2. The number of methoxy groups -OCH3 is 1. The summed E-state index contributed by atoms with van der Waals surface area (Å²) < 4.78 is 45.5. The molecule has 5 unspecified atom stereocenters. The van der Waals surface area contributed by atoms with Gasteiger partial charge in [-0.05, 0) is 77.3 Å². The summed E-state index contributed by atoms with van der Waals surface area (Å²) in [7, 11) is -0.465. The molecule has 13 heteroatoms. The molecule has 0 saturated heterocycles. The van der Waals surface area contributed by atoms with Gasteiger partial charge in [0.15, 0.2) is 0 Å². The number of ether oxygens (including phenoxy) is 3. The van der Waals surface area contributed by atoms with Gasteiger partial charge in [0.2, 0.25) is 27.7 Å². The Kier molecular flexibility index (Phi) is 9.12. The zero-order valence-electron chi connectivity index (χ0n) is 27.4. The first-order chi connectivity index (χ1) is 22.5. The smallest absolute Gasteiger partial charge is 0.259 e. The van der Waals surface area contributed by atoms with Crippen molar-refractivity contribution in [2.24, 2.45) is 17.8 Å². The van der Waals surface area contributed by atoms with Crippen LogP contribution in [-0.4, -0.2) is 80.2 Å². The molecule has 47 heavy (non-hydrogen) atoms. The van der Waals surface area contributed by atoms with Crippen molar-refractivity contribution in [2.75, 3.05) is 27.3 Å². The van der Waals surface area contributed by atoms with Crippen molar-refractivity contribution in [3.63, 3.8) is 0 Å². The number of hydrogen-bond donors (Lipinski definition) is 2. The number of hydrogen-bond acceptors (Lipinski definition) is 9. The van der Waals surface area contributed by atoms with Crippen LogP contribution in [0.4, 0.5) is 0 Å². The maximum absolute atomic E-state index is 14.1. The first-order valence-electron chi connectivity index (χ1n) is 16.5.